The van der Waals surface area contributed by atoms with Crippen molar-refractivity contribution < 1.29 is 0 Å². The summed E-state index contributed by atoms with van der Waals surface area (Å²) in [7, 11) is 0. The maximum absolute atomic E-state index is 2.42. The lowest BCUT2D eigenvalue weighted by Crippen LogP contribution is -2.36. The molecule has 0 radical (unpaired) electrons. The predicted octanol–water partition coefficient (Wildman–Crippen LogP) is 3.19. The number of hydrogen-bond donors (Lipinski definition) is 0. The molecule has 0 saturated carbocycles. The molecule has 1 saturated heterocycles. The summed E-state index contributed by atoms with van der Waals surface area (Å²) in [4.78, 5) is 2.42. The van der Waals surface area contributed by atoms with Crippen molar-refractivity contribution in [2.75, 3.05) is 18.0 Å². The van der Waals surface area contributed by atoms with Crippen LogP contribution in [0.5, 0.6) is 0 Å². The maximum atomic E-state index is 2.42. The summed E-state index contributed by atoms with van der Waals surface area (Å²) in [5.74, 6) is 0. The average Bonchev–Trinajstić information content (AvgIpc) is 2.00. The molecule has 1 aliphatic heterocycles. The zero-order valence-corrected chi connectivity index (χ0v) is 9.38. The van der Waals surface area contributed by atoms with Crippen molar-refractivity contribution in [2.45, 2.75) is 32.6 Å². The first-order valence-corrected chi connectivity index (χ1v) is 5.43. The van der Waals surface area contributed by atoms with Crippen molar-refractivity contribution in [3.8, 4) is 0 Å². The van der Waals surface area contributed by atoms with Crippen molar-refractivity contribution in [3.63, 3.8) is 0 Å². The van der Waals surface area contributed by atoms with E-state index in [9.17, 15) is 0 Å². The first kappa shape index (κ1) is 9.57. The van der Waals surface area contributed by atoms with E-state index in [0.717, 1.165) is 0 Å². The van der Waals surface area contributed by atoms with Gasteiger partial charge in [-0.25, -0.2) is 0 Å². The number of nitrogens with zero attached hydrogens (tertiary/aromatic N) is 1. The van der Waals surface area contributed by atoms with Crippen molar-refractivity contribution in [2.24, 2.45) is 0 Å². The molecule has 1 heteroatoms. The van der Waals surface area contributed by atoms with Crippen molar-refractivity contribution >= 4 is 5.69 Å². The topological polar surface area (TPSA) is 3.24 Å². The standard InChI is InChI=1S/C13H19N/c1-13(2,3)11-5-7-12(8-6-11)14-9-4-10-14/h5-8H,4,9-10H2,1-3H3. The summed E-state index contributed by atoms with van der Waals surface area (Å²) in [6.07, 6.45) is 1.35. The monoisotopic (exact) mass is 189 g/mol. The molecule has 0 atom stereocenters. The molecular formula is C13H19N. The zero-order valence-electron chi connectivity index (χ0n) is 9.38. The van der Waals surface area contributed by atoms with E-state index in [2.05, 4.69) is 49.9 Å². The van der Waals surface area contributed by atoms with Gasteiger partial charge < -0.3 is 4.90 Å². The minimum Gasteiger partial charge on any atom is -0.371 e. The van der Waals surface area contributed by atoms with Crippen LogP contribution in [0.3, 0.4) is 0 Å². The largest absolute Gasteiger partial charge is 0.371 e. The Morgan fingerprint density at radius 1 is 1.00 bits per heavy atom. The van der Waals surface area contributed by atoms with E-state index in [1.165, 1.54) is 30.8 Å². The lowest BCUT2D eigenvalue weighted by Gasteiger charge is -2.33. The van der Waals surface area contributed by atoms with Crippen LogP contribution in [0, 0.1) is 0 Å². The smallest absolute Gasteiger partial charge is 0.0366 e. The Balaban J connectivity index is 2.17. The van der Waals surface area contributed by atoms with Gasteiger partial charge in [0.05, 0.1) is 0 Å². The van der Waals surface area contributed by atoms with Crippen LogP contribution >= 0.6 is 0 Å². The molecular weight excluding hydrogens is 170 g/mol. The fourth-order valence-corrected chi connectivity index (χ4v) is 1.75. The Bertz CT molecular complexity index is 301. The van der Waals surface area contributed by atoms with Crippen LogP contribution in [0.1, 0.15) is 32.8 Å². The van der Waals surface area contributed by atoms with Crippen LogP contribution in [-0.2, 0) is 5.41 Å². The van der Waals surface area contributed by atoms with Gasteiger partial charge in [0.25, 0.3) is 0 Å². The van der Waals surface area contributed by atoms with Crippen molar-refractivity contribution in [1.82, 2.24) is 0 Å². The molecule has 1 nitrogen and oxygen atoms in total. The lowest BCUT2D eigenvalue weighted by molar-refractivity contribution is 0.588. The highest BCUT2D eigenvalue weighted by Gasteiger charge is 2.16. The average molecular weight is 189 g/mol. The summed E-state index contributed by atoms with van der Waals surface area (Å²) < 4.78 is 0. The molecule has 0 aliphatic carbocycles. The molecule has 14 heavy (non-hydrogen) atoms. The Morgan fingerprint density at radius 2 is 1.57 bits per heavy atom. The van der Waals surface area contributed by atoms with Crippen LogP contribution in [0.4, 0.5) is 5.69 Å². The highest BCUT2D eigenvalue weighted by atomic mass is 15.2. The third-order valence-corrected chi connectivity index (χ3v) is 2.95. The predicted molar refractivity (Wildman–Crippen MR) is 62.0 cm³/mol. The highest BCUT2D eigenvalue weighted by Crippen LogP contribution is 2.26. The van der Waals surface area contributed by atoms with Gasteiger partial charge >= 0.3 is 0 Å². The van der Waals surface area contributed by atoms with Gasteiger partial charge in [-0.2, -0.15) is 0 Å². The molecule has 1 heterocycles. The zero-order chi connectivity index (χ0) is 10.2. The Hall–Kier alpha value is -0.980. The summed E-state index contributed by atoms with van der Waals surface area (Å²) in [6, 6.07) is 9.01. The van der Waals surface area contributed by atoms with E-state index in [-0.39, 0.29) is 5.41 Å². The summed E-state index contributed by atoms with van der Waals surface area (Å²) in [5, 5.41) is 0. The third-order valence-electron chi connectivity index (χ3n) is 2.95. The van der Waals surface area contributed by atoms with Gasteiger partial charge in [-0.05, 0) is 29.5 Å². The van der Waals surface area contributed by atoms with E-state index < -0.39 is 0 Å². The molecule has 1 fully saturated rings. The minimum absolute atomic E-state index is 0.271. The highest BCUT2D eigenvalue weighted by molar-refractivity contribution is 5.50. The normalized spacial score (nSPS) is 16.6. The summed E-state index contributed by atoms with van der Waals surface area (Å²) in [5.41, 5.74) is 3.07. The van der Waals surface area contributed by atoms with Gasteiger partial charge in [0.2, 0.25) is 0 Å². The molecule has 1 aromatic carbocycles. The van der Waals surface area contributed by atoms with Crippen LogP contribution in [0.25, 0.3) is 0 Å². The van der Waals surface area contributed by atoms with Crippen LogP contribution < -0.4 is 4.90 Å². The fourth-order valence-electron chi connectivity index (χ4n) is 1.75. The molecule has 0 aromatic heterocycles. The Labute approximate surface area is 86.7 Å². The fraction of sp³-hybridized carbons (Fsp3) is 0.538. The quantitative estimate of drug-likeness (QED) is 0.655. The third kappa shape index (κ3) is 1.77. The molecule has 0 N–H and O–H groups in total. The number of benzene rings is 1. The second kappa shape index (κ2) is 3.30. The molecule has 1 aromatic rings. The summed E-state index contributed by atoms with van der Waals surface area (Å²) >= 11 is 0. The second-order valence-electron chi connectivity index (χ2n) is 5.14. The van der Waals surface area contributed by atoms with E-state index >= 15 is 0 Å². The molecule has 1 aliphatic rings. The molecule has 0 amide bonds. The SMILES string of the molecule is CC(C)(C)c1ccc(N2CCC2)cc1. The van der Waals surface area contributed by atoms with Gasteiger partial charge in [-0.15, -0.1) is 0 Å². The number of hydrogen-bond acceptors (Lipinski definition) is 1. The van der Waals surface area contributed by atoms with Crippen LogP contribution in [-0.4, -0.2) is 13.1 Å². The van der Waals surface area contributed by atoms with E-state index in [1.807, 2.05) is 0 Å². The lowest BCUT2D eigenvalue weighted by atomic mass is 9.87. The van der Waals surface area contributed by atoms with Crippen LogP contribution in [0.15, 0.2) is 24.3 Å². The van der Waals surface area contributed by atoms with Crippen molar-refractivity contribution in [3.05, 3.63) is 29.8 Å². The van der Waals surface area contributed by atoms with E-state index in [0.29, 0.717) is 0 Å². The molecule has 2 rings (SSSR count). The number of anilines is 1. The molecule has 0 spiro atoms. The Morgan fingerprint density at radius 3 is 1.93 bits per heavy atom. The minimum atomic E-state index is 0.271. The van der Waals surface area contributed by atoms with Gasteiger partial charge in [0.1, 0.15) is 0 Å². The first-order chi connectivity index (χ1) is 6.57. The van der Waals surface area contributed by atoms with E-state index in [4.69, 9.17) is 0 Å². The van der Waals surface area contributed by atoms with E-state index in [1.54, 1.807) is 0 Å². The molecule has 0 bridgehead atoms. The maximum Gasteiger partial charge on any atom is 0.0366 e. The second-order valence-corrected chi connectivity index (χ2v) is 5.14. The van der Waals surface area contributed by atoms with Crippen LogP contribution in [0.2, 0.25) is 0 Å². The molecule has 0 unspecified atom stereocenters. The summed E-state index contributed by atoms with van der Waals surface area (Å²) in [6.45, 7) is 9.23. The van der Waals surface area contributed by atoms with Crippen molar-refractivity contribution in [1.29, 1.82) is 0 Å². The number of rotatable bonds is 1. The Kier molecular flexibility index (Phi) is 2.26. The van der Waals surface area contributed by atoms with Gasteiger partial charge in [0.15, 0.2) is 0 Å². The van der Waals surface area contributed by atoms with Gasteiger partial charge in [-0.3, -0.25) is 0 Å². The first-order valence-electron chi connectivity index (χ1n) is 5.43. The molecule has 76 valence electrons. The van der Waals surface area contributed by atoms with Gasteiger partial charge in [-0.1, -0.05) is 32.9 Å². The van der Waals surface area contributed by atoms with Gasteiger partial charge in [0, 0.05) is 18.8 Å².